The fraction of sp³-hybridized carbons (Fsp3) is 0.174. The lowest BCUT2D eigenvalue weighted by molar-refractivity contribution is 0.306. The molecule has 0 aliphatic carbocycles. The number of hydrogen-bond donors (Lipinski definition) is 2. The third-order valence-corrected chi connectivity index (χ3v) is 5.04. The first kappa shape index (κ1) is 18.2. The summed E-state index contributed by atoms with van der Waals surface area (Å²) >= 11 is 0. The largest absolute Gasteiger partial charge is 0.494 e. The molecular weight excluding hydrogens is 378 g/mol. The molecule has 0 spiro atoms. The highest BCUT2D eigenvalue weighted by Crippen LogP contribution is 2.42. The molecule has 7 heteroatoms. The van der Waals surface area contributed by atoms with Crippen LogP contribution in [0.1, 0.15) is 5.56 Å². The maximum atomic E-state index is 5.69. The van der Waals surface area contributed by atoms with Crippen LogP contribution in [0.5, 0.6) is 11.6 Å². The molecule has 1 aliphatic heterocycles. The Morgan fingerprint density at radius 3 is 2.77 bits per heavy atom. The summed E-state index contributed by atoms with van der Waals surface area (Å²) < 4.78 is 11.3. The third kappa shape index (κ3) is 3.34. The molecule has 2 aromatic heterocycles. The lowest BCUT2D eigenvalue weighted by atomic mass is 10.0. The van der Waals surface area contributed by atoms with Gasteiger partial charge in [-0.3, -0.25) is 0 Å². The third-order valence-electron chi connectivity index (χ3n) is 5.04. The summed E-state index contributed by atoms with van der Waals surface area (Å²) in [6.45, 7) is 3.36. The van der Waals surface area contributed by atoms with Crippen LogP contribution >= 0.6 is 0 Å². The van der Waals surface area contributed by atoms with Crippen molar-refractivity contribution in [1.29, 1.82) is 0 Å². The number of benzene rings is 2. The Hall–Kier alpha value is -3.87. The van der Waals surface area contributed by atoms with E-state index in [4.69, 9.17) is 14.5 Å². The predicted molar refractivity (Wildman–Crippen MR) is 118 cm³/mol. The van der Waals surface area contributed by atoms with Crippen molar-refractivity contribution in [2.75, 3.05) is 30.9 Å². The van der Waals surface area contributed by atoms with E-state index in [0.29, 0.717) is 30.7 Å². The fourth-order valence-corrected chi connectivity index (χ4v) is 3.50. The second-order valence-corrected chi connectivity index (χ2v) is 7.12. The zero-order valence-electron chi connectivity index (χ0n) is 16.8. The standard InChI is InChI=1S/C23H21N5O2/c1-14-3-7-17(8-4-14)27-23-26-12-16-6-5-15(11-19(16)28-23)18-13-25-22-20(21(18)29-2)24-9-10-30-22/h3-8,11-13,24H,9-10H2,1-2H3,(H,26,27,28). The minimum atomic E-state index is 0.550. The van der Waals surface area contributed by atoms with E-state index in [-0.39, 0.29) is 0 Å². The predicted octanol–water partition coefficient (Wildman–Crippen LogP) is 4.56. The summed E-state index contributed by atoms with van der Waals surface area (Å²) in [5, 5.41) is 7.54. The van der Waals surface area contributed by atoms with Crippen molar-refractivity contribution in [3.05, 3.63) is 60.4 Å². The van der Waals surface area contributed by atoms with Crippen LogP contribution in [-0.4, -0.2) is 35.2 Å². The number of nitrogens with zero attached hydrogens (tertiary/aromatic N) is 3. The molecule has 3 heterocycles. The molecule has 30 heavy (non-hydrogen) atoms. The molecular formula is C23H21N5O2. The first-order valence-electron chi connectivity index (χ1n) is 9.76. The second-order valence-electron chi connectivity index (χ2n) is 7.12. The fourth-order valence-electron chi connectivity index (χ4n) is 3.50. The number of nitrogens with one attached hydrogen (secondary N) is 2. The van der Waals surface area contributed by atoms with Gasteiger partial charge < -0.3 is 20.1 Å². The second kappa shape index (κ2) is 7.51. The van der Waals surface area contributed by atoms with Crippen molar-refractivity contribution in [3.63, 3.8) is 0 Å². The summed E-state index contributed by atoms with van der Waals surface area (Å²) in [6, 6.07) is 14.2. The van der Waals surface area contributed by atoms with Crippen molar-refractivity contribution in [1.82, 2.24) is 15.0 Å². The SMILES string of the molecule is COc1c(-c2ccc3cnc(Nc4ccc(C)cc4)nc3c2)cnc2c1NCCO2. The Kier molecular flexibility index (Phi) is 4.55. The number of aromatic nitrogens is 3. The topological polar surface area (TPSA) is 81.2 Å². The molecule has 0 saturated heterocycles. The highest BCUT2D eigenvalue weighted by molar-refractivity contribution is 5.88. The maximum Gasteiger partial charge on any atom is 0.241 e. The van der Waals surface area contributed by atoms with Gasteiger partial charge in [-0.05, 0) is 30.7 Å². The lowest BCUT2D eigenvalue weighted by Crippen LogP contribution is -2.19. The smallest absolute Gasteiger partial charge is 0.241 e. The van der Waals surface area contributed by atoms with E-state index in [1.54, 1.807) is 13.3 Å². The van der Waals surface area contributed by atoms with E-state index in [2.05, 4.69) is 39.7 Å². The molecule has 0 amide bonds. The molecule has 5 rings (SSSR count). The van der Waals surface area contributed by atoms with Gasteiger partial charge in [0.2, 0.25) is 11.8 Å². The average molecular weight is 399 g/mol. The van der Waals surface area contributed by atoms with E-state index in [9.17, 15) is 0 Å². The van der Waals surface area contributed by atoms with Gasteiger partial charge in [-0.25, -0.2) is 15.0 Å². The van der Waals surface area contributed by atoms with Crippen molar-refractivity contribution >= 4 is 28.2 Å². The van der Waals surface area contributed by atoms with Crippen LogP contribution < -0.4 is 20.1 Å². The zero-order valence-corrected chi connectivity index (χ0v) is 16.8. The highest BCUT2D eigenvalue weighted by atomic mass is 16.5. The van der Waals surface area contributed by atoms with Crippen LogP contribution in [0.25, 0.3) is 22.0 Å². The molecule has 0 fully saturated rings. The first-order valence-corrected chi connectivity index (χ1v) is 9.76. The highest BCUT2D eigenvalue weighted by Gasteiger charge is 2.21. The number of pyridine rings is 1. The van der Waals surface area contributed by atoms with Gasteiger partial charge in [0, 0.05) is 35.6 Å². The minimum absolute atomic E-state index is 0.550. The molecule has 0 unspecified atom stereocenters. The maximum absolute atomic E-state index is 5.69. The van der Waals surface area contributed by atoms with Crippen LogP contribution in [0.3, 0.4) is 0 Å². The zero-order chi connectivity index (χ0) is 20.5. The van der Waals surface area contributed by atoms with E-state index < -0.39 is 0 Å². The Morgan fingerprint density at radius 2 is 1.93 bits per heavy atom. The van der Waals surface area contributed by atoms with Crippen molar-refractivity contribution in [3.8, 4) is 22.8 Å². The van der Waals surface area contributed by atoms with Crippen molar-refractivity contribution in [2.45, 2.75) is 6.92 Å². The summed E-state index contributed by atoms with van der Waals surface area (Å²) in [4.78, 5) is 13.6. The van der Waals surface area contributed by atoms with E-state index in [1.807, 2.05) is 36.5 Å². The van der Waals surface area contributed by atoms with Gasteiger partial charge in [0.05, 0.1) is 12.6 Å². The van der Waals surface area contributed by atoms with Gasteiger partial charge in [0.25, 0.3) is 0 Å². The number of rotatable bonds is 4. The number of aryl methyl sites for hydroxylation is 1. The average Bonchev–Trinajstić information content (AvgIpc) is 2.79. The monoisotopic (exact) mass is 399 g/mol. The van der Waals surface area contributed by atoms with Crippen LogP contribution in [0, 0.1) is 6.92 Å². The summed E-state index contributed by atoms with van der Waals surface area (Å²) in [7, 11) is 1.65. The molecule has 0 atom stereocenters. The summed E-state index contributed by atoms with van der Waals surface area (Å²) in [6.07, 6.45) is 3.60. The summed E-state index contributed by atoms with van der Waals surface area (Å²) in [5.41, 5.74) is 5.61. The number of ether oxygens (including phenoxy) is 2. The molecule has 4 aromatic rings. The number of methoxy groups -OCH3 is 1. The van der Waals surface area contributed by atoms with Gasteiger partial charge in [-0.2, -0.15) is 0 Å². The Bertz CT molecular complexity index is 1220. The molecule has 2 N–H and O–H groups in total. The molecule has 0 radical (unpaired) electrons. The number of anilines is 3. The quantitative estimate of drug-likeness (QED) is 0.521. The Labute approximate surface area is 174 Å². The van der Waals surface area contributed by atoms with Gasteiger partial charge in [-0.1, -0.05) is 29.8 Å². The van der Waals surface area contributed by atoms with E-state index >= 15 is 0 Å². The van der Waals surface area contributed by atoms with Gasteiger partial charge in [-0.15, -0.1) is 0 Å². The van der Waals surface area contributed by atoms with Crippen molar-refractivity contribution in [2.24, 2.45) is 0 Å². The van der Waals surface area contributed by atoms with Gasteiger partial charge >= 0.3 is 0 Å². The van der Waals surface area contributed by atoms with E-state index in [0.717, 1.165) is 33.4 Å². The molecule has 1 aliphatic rings. The van der Waals surface area contributed by atoms with Gasteiger partial charge in [0.15, 0.2) is 5.75 Å². The lowest BCUT2D eigenvalue weighted by Gasteiger charge is -2.22. The number of fused-ring (bicyclic) bond motifs is 2. The molecule has 0 saturated carbocycles. The molecule has 150 valence electrons. The van der Waals surface area contributed by atoms with Crippen LogP contribution in [0.2, 0.25) is 0 Å². The van der Waals surface area contributed by atoms with Gasteiger partial charge in [0.1, 0.15) is 12.3 Å². The normalized spacial score (nSPS) is 12.6. The molecule has 0 bridgehead atoms. The van der Waals surface area contributed by atoms with Crippen molar-refractivity contribution < 1.29 is 9.47 Å². The van der Waals surface area contributed by atoms with Crippen LogP contribution in [0.4, 0.5) is 17.3 Å². The Balaban J connectivity index is 1.53. The summed E-state index contributed by atoms with van der Waals surface area (Å²) in [5.74, 6) is 1.83. The van der Waals surface area contributed by atoms with Crippen LogP contribution in [-0.2, 0) is 0 Å². The Morgan fingerprint density at radius 1 is 1.07 bits per heavy atom. The van der Waals surface area contributed by atoms with Crippen LogP contribution in [0.15, 0.2) is 54.9 Å². The molecule has 7 nitrogen and oxygen atoms in total. The minimum Gasteiger partial charge on any atom is -0.494 e. The van der Waals surface area contributed by atoms with E-state index in [1.165, 1.54) is 5.56 Å². The molecule has 2 aromatic carbocycles. The first-order chi connectivity index (χ1) is 14.7. The number of hydrogen-bond acceptors (Lipinski definition) is 7.